The van der Waals surface area contributed by atoms with Gasteiger partial charge in [-0.25, -0.2) is 4.79 Å². The summed E-state index contributed by atoms with van der Waals surface area (Å²) in [6.07, 6.45) is 1.74. The summed E-state index contributed by atoms with van der Waals surface area (Å²) in [6.45, 7) is 0.894. The van der Waals surface area contributed by atoms with E-state index in [2.05, 4.69) is 5.32 Å². The summed E-state index contributed by atoms with van der Waals surface area (Å²) in [5.74, 6) is 0.0522. The average molecular weight is 419 g/mol. The monoisotopic (exact) mass is 419 g/mol. The predicted octanol–water partition coefficient (Wildman–Crippen LogP) is 3.85. The van der Waals surface area contributed by atoms with Crippen molar-refractivity contribution in [2.24, 2.45) is 0 Å². The molecule has 3 aromatic carbocycles. The van der Waals surface area contributed by atoms with E-state index in [0.29, 0.717) is 30.0 Å². The van der Waals surface area contributed by atoms with E-state index in [9.17, 15) is 9.59 Å². The SMILES string of the molecule is COCCNC(=O)C(=Cc1ccc(C(=O)OC)cc1)COc1cccc2ccccc12. The molecule has 31 heavy (non-hydrogen) atoms. The number of rotatable bonds is 9. The summed E-state index contributed by atoms with van der Waals surface area (Å²) in [5, 5.41) is 4.87. The van der Waals surface area contributed by atoms with E-state index in [1.807, 2.05) is 42.5 Å². The van der Waals surface area contributed by atoms with Gasteiger partial charge in [0.2, 0.25) is 0 Å². The van der Waals surface area contributed by atoms with Gasteiger partial charge in [0.25, 0.3) is 5.91 Å². The third kappa shape index (κ3) is 5.93. The van der Waals surface area contributed by atoms with Crippen LogP contribution in [0.15, 0.2) is 72.3 Å². The Kier molecular flexibility index (Phi) is 7.79. The van der Waals surface area contributed by atoms with Crippen molar-refractivity contribution in [2.75, 3.05) is 34.0 Å². The molecule has 0 fully saturated rings. The minimum Gasteiger partial charge on any atom is -0.488 e. The molecule has 3 rings (SSSR count). The minimum atomic E-state index is -0.410. The van der Waals surface area contributed by atoms with Crippen molar-refractivity contribution < 1.29 is 23.8 Å². The molecule has 0 aliphatic carbocycles. The smallest absolute Gasteiger partial charge is 0.337 e. The number of carbonyl (C=O) groups is 2. The number of benzene rings is 3. The quantitative estimate of drug-likeness (QED) is 0.324. The van der Waals surface area contributed by atoms with Gasteiger partial charge in [0.1, 0.15) is 12.4 Å². The van der Waals surface area contributed by atoms with E-state index in [1.54, 1.807) is 37.5 Å². The number of hydrogen-bond donors (Lipinski definition) is 1. The van der Waals surface area contributed by atoms with Crippen LogP contribution in [0.4, 0.5) is 0 Å². The molecule has 0 atom stereocenters. The molecule has 1 N–H and O–H groups in total. The minimum absolute atomic E-state index is 0.0889. The topological polar surface area (TPSA) is 73.9 Å². The lowest BCUT2D eigenvalue weighted by Gasteiger charge is -2.13. The second kappa shape index (κ2) is 10.9. The average Bonchev–Trinajstić information content (AvgIpc) is 2.81. The highest BCUT2D eigenvalue weighted by atomic mass is 16.5. The molecule has 0 unspecified atom stereocenters. The standard InChI is InChI=1S/C25H25NO5/c1-29-15-14-26-24(27)21(16-18-10-12-20(13-11-18)25(28)30-2)17-31-23-9-5-7-19-6-3-4-8-22(19)23/h3-13,16H,14-15,17H2,1-2H3,(H,26,27). The summed E-state index contributed by atoms with van der Waals surface area (Å²) < 4.78 is 15.8. The van der Waals surface area contributed by atoms with Gasteiger partial charge < -0.3 is 19.5 Å². The Labute approximate surface area is 181 Å². The van der Waals surface area contributed by atoms with E-state index < -0.39 is 5.97 Å². The molecule has 0 aliphatic rings. The molecule has 0 heterocycles. The summed E-state index contributed by atoms with van der Waals surface area (Å²) in [6, 6.07) is 20.6. The van der Waals surface area contributed by atoms with Gasteiger partial charge in [-0.05, 0) is 35.2 Å². The molecule has 0 spiro atoms. The van der Waals surface area contributed by atoms with Crippen molar-refractivity contribution in [3.05, 3.63) is 83.4 Å². The molecule has 0 saturated heterocycles. The van der Waals surface area contributed by atoms with Crippen LogP contribution in [0.1, 0.15) is 15.9 Å². The van der Waals surface area contributed by atoms with Crippen LogP contribution in [0.25, 0.3) is 16.8 Å². The molecule has 0 bridgehead atoms. The number of nitrogens with one attached hydrogen (secondary N) is 1. The van der Waals surface area contributed by atoms with Crippen molar-refractivity contribution in [2.45, 2.75) is 0 Å². The predicted molar refractivity (Wildman–Crippen MR) is 120 cm³/mol. The first-order chi connectivity index (χ1) is 15.1. The number of fused-ring (bicyclic) bond motifs is 1. The third-order valence-corrected chi connectivity index (χ3v) is 4.69. The zero-order valence-electron chi connectivity index (χ0n) is 17.6. The van der Waals surface area contributed by atoms with Crippen LogP contribution in [0.2, 0.25) is 0 Å². The Morgan fingerprint density at radius 2 is 1.68 bits per heavy atom. The highest BCUT2D eigenvalue weighted by Crippen LogP contribution is 2.25. The number of ether oxygens (including phenoxy) is 3. The molecule has 6 nitrogen and oxygen atoms in total. The molecule has 0 saturated carbocycles. The van der Waals surface area contributed by atoms with Crippen LogP contribution >= 0.6 is 0 Å². The molecule has 1 amide bonds. The largest absolute Gasteiger partial charge is 0.488 e. The second-order valence-corrected chi connectivity index (χ2v) is 6.80. The van der Waals surface area contributed by atoms with Crippen molar-refractivity contribution in [1.82, 2.24) is 5.32 Å². The number of esters is 1. The Morgan fingerprint density at radius 3 is 2.42 bits per heavy atom. The zero-order valence-corrected chi connectivity index (χ0v) is 17.6. The van der Waals surface area contributed by atoms with Crippen LogP contribution in [0.5, 0.6) is 5.75 Å². The summed E-state index contributed by atoms with van der Waals surface area (Å²) >= 11 is 0. The van der Waals surface area contributed by atoms with E-state index in [-0.39, 0.29) is 12.5 Å². The van der Waals surface area contributed by atoms with Crippen LogP contribution < -0.4 is 10.1 Å². The van der Waals surface area contributed by atoms with Gasteiger partial charge in [0.15, 0.2) is 0 Å². The fraction of sp³-hybridized carbons (Fsp3) is 0.200. The van der Waals surface area contributed by atoms with Gasteiger partial charge in [-0.3, -0.25) is 4.79 Å². The summed E-state index contributed by atoms with van der Waals surface area (Å²) in [7, 11) is 2.92. The van der Waals surface area contributed by atoms with Crippen molar-refractivity contribution >= 4 is 28.7 Å². The van der Waals surface area contributed by atoms with Gasteiger partial charge in [0, 0.05) is 19.0 Å². The Morgan fingerprint density at radius 1 is 0.935 bits per heavy atom. The number of methoxy groups -OCH3 is 2. The Bertz CT molecular complexity index is 1070. The first-order valence-electron chi connectivity index (χ1n) is 9.89. The van der Waals surface area contributed by atoms with Gasteiger partial charge in [0.05, 0.1) is 24.9 Å². The normalized spacial score (nSPS) is 11.2. The van der Waals surface area contributed by atoms with Gasteiger partial charge in [-0.1, -0.05) is 48.5 Å². The summed E-state index contributed by atoms with van der Waals surface area (Å²) in [5.41, 5.74) is 1.67. The maximum atomic E-state index is 12.7. The van der Waals surface area contributed by atoms with E-state index in [4.69, 9.17) is 14.2 Å². The van der Waals surface area contributed by atoms with E-state index in [0.717, 1.165) is 16.3 Å². The van der Waals surface area contributed by atoms with Crippen LogP contribution in [-0.2, 0) is 14.3 Å². The highest BCUT2D eigenvalue weighted by molar-refractivity contribution is 5.98. The first kappa shape index (κ1) is 22.1. The van der Waals surface area contributed by atoms with Gasteiger partial charge >= 0.3 is 5.97 Å². The molecule has 0 radical (unpaired) electrons. The van der Waals surface area contributed by atoms with Crippen LogP contribution in [0.3, 0.4) is 0 Å². The molecule has 6 heteroatoms. The fourth-order valence-corrected chi connectivity index (χ4v) is 3.06. The highest BCUT2D eigenvalue weighted by Gasteiger charge is 2.12. The molecule has 160 valence electrons. The maximum absolute atomic E-state index is 12.7. The zero-order chi connectivity index (χ0) is 22.1. The molecule has 0 aromatic heterocycles. The van der Waals surface area contributed by atoms with Crippen molar-refractivity contribution in [3.8, 4) is 5.75 Å². The molecule has 3 aromatic rings. The summed E-state index contributed by atoms with van der Waals surface area (Å²) in [4.78, 5) is 24.4. The lowest BCUT2D eigenvalue weighted by Crippen LogP contribution is -2.30. The lowest BCUT2D eigenvalue weighted by atomic mass is 10.1. The molecule has 0 aliphatic heterocycles. The number of amides is 1. The lowest BCUT2D eigenvalue weighted by molar-refractivity contribution is -0.117. The van der Waals surface area contributed by atoms with Crippen LogP contribution in [0, 0.1) is 0 Å². The Hall–Kier alpha value is -3.64. The van der Waals surface area contributed by atoms with E-state index in [1.165, 1.54) is 7.11 Å². The third-order valence-electron chi connectivity index (χ3n) is 4.69. The Balaban J connectivity index is 1.82. The molecular formula is C25H25NO5. The maximum Gasteiger partial charge on any atom is 0.337 e. The fourth-order valence-electron chi connectivity index (χ4n) is 3.06. The van der Waals surface area contributed by atoms with E-state index >= 15 is 0 Å². The van der Waals surface area contributed by atoms with Gasteiger partial charge in [-0.15, -0.1) is 0 Å². The first-order valence-corrected chi connectivity index (χ1v) is 9.89. The van der Waals surface area contributed by atoms with Crippen molar-refractivity contribution in [1.29, 1.82) is 0 Å². The number of carbonyl (C=O) groups excluding carboxylic acids is 2. The van der Waals surface area contributed by atoms with Crippen molar-refractivity contribution in [3.63, 3.8) is 0 Å². The second-order valence-electron chi connectivity index (χ2n) is 6.80. The number of hydrogen-bond acceptors (Lipinski definition) is 5. The van der Waals surface area contributed by atoms with Crippen LogP contribution in [-0.4, -0.2) is 45.9 Å². The molecular weight excluding hydrogens is 394 g/mol. The van der Waals surface area contributed by atoms with Gasteiger partial charge in [-0.2, -0.15) is 0 Å².